The summed E-state index contributed by atoms with van der Waals surface area (Å²) in [7, 11) is 0. The third-order valence-electron chi connectivity index (χ3n) is 2.14. The molecule has 0 spiro atoms. The van der Waals surface area contributed by atoms with Gasteiger partial charge in [0.15, 0.2) is 5.78 Å². The van der Waals surface area contributed by atoms with Crippen LogP contribution in [0.4, 0.5) is 0 Å². The van der Waals surface area contributed by atoms with E-state index in [1.54, 1.807) is 6.92 Å². The first-order chi connectivity index (χ1) is 7.13. The van der Waals surface area contributed by atoms with Crippen molar-refractivity contribution in [3.05, 3.63) is 34.4 Å². The van der Waals surface area contributed by atoms with Crippen LogP contribution in [-0.2, 0) is 0 Å². The van der Waals surface area contributed by atoms with Crippen molar-refractivity contribution in [3.63, 3.8) is 0 Å². The van der Waals surface area contributed by atoms with Crippen LogP contribution in [0.1, 0.15) is 31.8 Å². The van der Waals surface area contributed by atoms with E-state index in [1.165, 1.54) is 12.1 Å². The monoisotopic (exact) mass is 221 g/mol. The SMILES string of the molecule is Cc1c(C#N)cc(C(=O)CCl)cc1C=O. The minimum absolute atomic E-state index is 0.160. The second-order valence-corrected chi connectivity index (χ2v) is 3.29. The predicted molar refractivity (Wildman–Crippen MR) is 56.3 cm³/mol. The van der Waals surface area contributed by atoms with Crippen LogP contribution in [0.5, 0.6) is 0 Å². The lowest BCUT2D eigenvalue weighted by Crippen LogP contribution is -2.04. The van der Waals surface area contributed by atoms with Crippen LogP contribution < -0.4 is 0 Å². The van der Waals surface area contributed by atoms with Gasteiger partial charge in [0.2, 0.25) is 0 Å². The summed E-state index contributed by atoms with van der Waals surface area (Å²) in [5, 5.41) is 8.81. The Balaban J connectivity index is 3.41. The standard InChI is InChI=1S/C11H8ClNO2/c1-7-9(5-13)2-8(11(15)4-12)3-10(7)6-14/h2-3,6H,4H2,1H3. The molecule has 1 rings (SSSR count). The molecular weight excluding hydrogens is 214 g/mol. The molecule has 4 heteroatoms. The van der Waals surface area contributed by atoms with Crippen LogP contribution in [0.25, 0.3) is 0 Å². The van der Waals surface area contributed by atoms with Gasteiger partial charge in [-0.15, -0.1) is 11.6 Å². The zero-order valence-electron chi connectivity index (χ0n) is 8.08. The van der Waals surface area contributed by atoms with E-state index in [2.05, 4.69) is 0 Å². The van der Waals surface area contributed by atoms with Gasteiger partial charge in [0.1, 0.15) is 6.29 Å². The number of Topliss-reactive ketones (excluding diaryl/α,β-unsaturated/α-hetero) is 1. The Morgan fingerprint density at radius 2 is 2.27 bits per heavy atom. The first-order valence-electron chi connectivity index (χ1n) is 4.23. The molecule has 0 aromatic heterocycles. The summed E-state index contributed by atoms with van der Waals surface area (Å²) in [5.41, 5.74) is 1.56. The third kappa shape index (κ3) is 2.23. The van der Waals surface area contributed by atoms with Crippen LogP contribution in [0.2, 0.25) is 0 Å². The van der Waals surface area contributed by atoms with Crippen molar-refractivity contribution in [3.8, 4) is 6.07 Å². The lowest BCUT2D eigenvalue weighted by molar-refractivity contribution is 0.102. The highest BCUT2D eigenvalue weighted by Gasteiger charge is 2.10. The molecule has 76 valence electrons. The Morgan fingerprint density at radius 3 is 2.73 bits per heavy atom. The van der Waals surface area contributed by atoms with Gasteiger partial charge < -0.3 is 0 Å². The second kappa shape index (κ2) is 4.72. The van der Waals surface area contributed by atoms with Crippen LogP contribution in [-0.4, -0.2) is 17.9 Å². The number of rotatable bonds is 3. The number of alkyl halides is 1. The van der Waals surface area contributed by atoms with Gasteiger partial charge in [-0.2, -0.15) is 5.26 Å². The number of benzene rings is 1. The van der Waals surface area contributed by atoms with E-state index in [1.807, 2.05) is 6.07 Å². The molecule has 0 bridgehead atoms. The first kappa shape index (κ1) is 11.4. The number of nitriles is 1. The van der Waals surface area contributed by atoms with Crippen molar-refractivity contribution < 1.29 is 9.59 Å². The Bertz CT molecular complexity index is 460. The molecule has 15 heavy (non-hydrogen) atoms. The van der Waals surface area contributed by atoms with E-state index >= 15 is 0 Å². The van der Waals surface area contributed by atoms with Gasteiger partial charge in [0.05, 0.1) is 17.5 Å². The van der Waals surface area contributed by atoms with Gasteiger partial charge in [-0.25, -0.2) is 0 Å². The average Bonchev–Trinajstić information content (AvgIpc) is 2.28. The van der Waals surface area contributed by atoms with Crippen LogP contribution in [0, 0.1) is 18.3 Å². The molecule has 1 aromatic carbocycles. The quantitative estimate of drug-likeness (QED) is 0.446. The van der Waals surface area contributed by atoms with Crippen molar-refractivity contribution >= 4 is 23.7 Å². The smallest absolute Gasteiger partial charge is 0.177 e. The molecule has 0 saturated heterocycles. The number of aldehydes is 1. The number of ketones is 1. The van der Waals surface area contributed by atoms with Crippen LogP contribution in [0.3, 0.4) is 0 Å². The maximum atomic E-state index is 11.3. The third-order valence-corrected chi connectivity index (χ3v) is 2.38. The molecule has 0 unspecified atom stereocenters. The maximum absolute atomic E-state index is 11.3. The molecule has 0 fully saturated rings. The van der Waals surface area contributed by atoms with Gasteiger partial charge in [-0.05, 0) is 24.6 Å². The summed E-state index contributed by atoms with van der Waals surface area (Å²) >= 11 is 5.40. The molecule has 1 aromatic rings. The molecule has 0 aliphatic heterocycles. The van der Waals surface area contributed by atoms with Crippen molar-refractivity contribution in [2.75, 3.05) is 5.88 Å². The molecule has 0 heterocycles. The molecule has 0 radical (unpaired) electrons. The normalized spacial score (nSPS) is 9.40. The number of carbonyl (C=O) groups is 2. The topological polar surface area (TPSA) is 57.9 Å². The maximum Gasteiger partial charge on any atom is 0.177 e. The number of hydrogen-bond acceptors (Lipinski definition) is 3. The van der Waals surface area contributed by atoms with Gasteiger partial charge in [-0.1, -0.05) is 0 Å². The predicted octanol–water partition coefficient (Wildman–Crippen LogP) is 2.10. The van der Waals surface area contributed by atoms with Gasteiger partial charge in [0, 0.05) is 11.1 Å². The van der Waals surface area contributed by atoms with E-state index in [-0.39, 0.29) is 11.7 Å². The largest absolute Gasteiger partial charge is 0.298 e. The van der Waals surface area contributed by atoms with Crippen molar-refractivity contribution in [1.82, 2.24) is 0 Å². The minimum atomic E-state index is -0.295. The number of halogens is 1. The van der Waals surface area contributed by atoms with Gasteiger partial charge >= 0.3 is 0 Å². The Kier molecular flexibility index (Phi) is 3.59. The first-order valence-corrected chi connectivity index (χ1v) is 4.76. The highest BCUT2D eigenvalue weighted by atomic mass is 35.5. The molecule has 0 amide bonds. The number of nitrogens with zero attached hydrogens (tertiary/aromatic N) is 1. The molecule has 0 atom stereocenters. The Hall–Kier alpha value is -1.66. The van der Waals surface area contributed by atoms with Crippen molar-refractivity contribution in [2.45, 2.75) is 6.92 Å². The second-order valence-electron chi connectivity index (χ2n) is 3.02. The summed E-state index contributed by atoms with van der Waals surface area (Å²) in [4.78, 5) is 22.0. The summed E-state index contributed by atoms with van der Waals surface area (Å²) in [6, 6.07) is 4.84. The van der Waals surface area contributed by atoms with E-state index < -0.39 is 0 Å². The lowest BCUT2D eigenvalue weighted by Gasteiger charge is -2.04. The van der Waals surface area contributed by atoms with Crippen LogP contribution in [0.15, 0.2) is 12.1 Å². The molecular formula is C11H8ClNO2. The highest BCUT2D eigenvalue weighted by molar-refractivity contribution is 6.30. The fourth-order valence-corrected chi connectivity index (χ4v) is 1.37. The molecule has 0 saturated carbocycles. The van der Waals surface area contributed by atoms with E-state index in [0.717, 1.165) is 0 Å². The summed E-state index contributed by atoms with van der Waals surface area (Å²) in [6.07, 6.45) is 0.626. The van der Waals surface area contributed by atoms with Gasteiger partial charge in [0.25, 0.3) is 0 Å². The molecule has 0 N–H and O–H groups in total. The summed E-state index contributed by atoms with van der Waals surface area (Å²) in [5.74, 6) is -0.456. The van der Waals surface area contributed by atoms with E-state index in [9.17, 15) is 9.59 Å². The zero-order chi connectivity index (χ0) is 11.4. The van der Waals surface area contributed by atoms with E-state index in [0.29, 0.717) is 28.5 Å². The molecule has 0 aliphatic rings. The van der Waals surface area contributed by atoms with Crippen LogP contribution >= 0.6 is 11.6 Å². The molecule has 3 nitrogen and oxygen atoms in total. The van der Waals surface area contributed by atoms with E-state index in [4.69, 9.17) is 16.9 Å². The minimum Gasteiger partial charge on any atom is -0.298 e. The van der Waals surface area contributed by atoms with Gasteiger partial charge in [-0.3, -0.25) is 9.59 Å². The molecule has 0 aliphatic carbocycles. The number of carbonyl (C=O) groups excluding carboxylic acids is 2. The Morgan fingerprint density at radius 1 is 1.60 bits per heavy atom. The van der Waals surface area contributed by atoms with Crippen molar-refractivity contribution in [2.24, 2.45) is 0 Å². The fraction of sp³-hybridized carbons (Fsp3) is 0.182. The Labute approximate surface area is 92.3 Å². The van der Waals surface area contributed by atoms with Crippen molar-refractivity contribution in [1.29, 1.82) is 5.26 Å². The summed E-state index contributed by atoms with van der Waals surface area (Å²) in [6.45, 7) is 1.66. The fourth-order valence-electron chi connectivity index (χ4n) is 1.21. The number of hydrogen-bond donors (Lipinski definition) is 0. The zero-order valence-corrected chi connectivity index (χ0v) is 8.84. The average molecular weight is 222 g/mol. The summed E-state index contributed by atoms with van der Waals surface area (Å²) < 4.78 is 0. The highest BCUT2D eigenvalue weighted by Crippen LogP contribution is 2.15. The lowest BCUT2D eigenvalue weighted by atomic mass is 9.98.